The van der Waals surface area contributed by atoms with Crippen LogP contribution < -0.4 is 24.6 Å². The van der Waals surface area contributed by atoms with E-state index < -0.39 is 46.6 Å². The fourth-order valence-corrected chi connectivity index (χ4v) is 6.12. The molecule has 0 saturated carbocycles. The minimum Gasteiger partial charge on any atom is -0.486 e. The van der Waals surface area contributed by atoms with E-state index in [0.29, 0.717) is 36.1 Å². The number of hydrogen-bond donors (Lipinski definition) is 1. The highest BCUT2D eigenvalue weighted by atomic mass is 16.6. The lowest BCUT2D eigenvalue weighted by Gasteiger charge is -2.36. The number of para-hydroxylation sites is 1. The van der Waals surface area contributed by atoms with Gasteiger partial charge in [-0.05, 0) is 35.9 Å². The van der Waals surface area contributed by atoms with E-state index in [1.54, 1.807) is 18.2 Å². The van der Waals surface area contributed by atoms with E-state index in [1.807, 2.05) is 41.3 Å². The molecule has 1 N–H and O–H groups in total. The van der Waals surface area contributed by atoms with Crippen LogP contribution in [0, 0.1) is 22.0 Å². The van der Waals surface area contributed by atoms with E-state index >= 15 is 0 Å². The van der Waals surface area contributed by atoms with Gasteiger partial charge in [0.25, 0.3) is 5.69 Å². The number of rotatable bonds is 4. The molecule has 4 heterocycles. The molecule has 3 amide bonds. The number of benzene rings is 3. The molecule has 0 radical (unpaired) electrons. The van der Waals surface area contributed by atoms with Gasteiger partial charge in [-0.3, -0.25) is 24.5 Å². The van der Waals surface area contributed by atoms with Crippen LogP contribution in [0.1, 0.15) is 5.56 Å². The Hall–Kier alpha value is -5.19. The number of nitrogens with zero attached hydrogens (tertiary/aromatic N) is 3. The summed E-state index contributed by atoms with van der Waals surface area (Å²) in [4.78, 5) is 55.4. The Balaban J connectivity index is 1.27. The maximum absolute atomic E-state index is 14.0. The average molecular weight is 539 g/mol. The minimum atomic E-state index is -1.00. The summed E-state index contributed by atoms with van der Waals surface area (Å²) < 4.78 is 11.2. The number of ether oxygens (including phenoxy) is 2. The van der Waals surface area contributed by atoms with Crippen molar-refractivity contribution in [3.8, 4) is 11.5 Å². The van der Waals surface area contributed by atoms with E-state index in [4.69, 9.17) is 9.47 Å². The minimum absolute atomic E-state index is 0.110. The molecule has 11 nitrogen and oxygen atoms in total. The van der Waals surface area contributed by atoms with Gasteiger partial charge in [0.1, 0.15) is 19.3 Å². The number of imide groups is 1. The van der Waals surface area contributed by atoms with E-state index in [0.717, 1.165) is 16.2 Å². The van der Waals surface area contributed by atoms with Crippen molar-refractivity contribution < 1.29 is 28.8 Å². The predicted octanol–water partition coefficient (Wildman–Crippen LogP) is 3.39. The second kappa shape index (κ2) is 8.94. The number of carbonyl (C=O) groups excluding carboxylic acids is 3. The van der Waals surface area contributed by atoms with Gasteiger partial charge >= 0.3 is 0 Å². The lowest BCUT2D eigenvalue weighted by atomic mass is 9.88. The van der Waals surface area contributed by atoms with Gasteiger partial charge in [-0.1, -0.05) is 30.4 Å². The molecular formula is C29H22N4O7. The molecule has 0 spiro atoms. The topological polar surface area (TPSA) is 131 Å². The first-order chi connectivity index (χ1) is 19.4. The summed E-state index contributed by atoms with van der Waals surface area (Å²) in [5, 5.41) is 13.9. The van der Waals surface area contributed by atoms with Crippen LogP contribution in [0.3, 0.4) is 0 Å². The first-order valence-corrected chi connectivity index (χ1v) is 12.8. The van der Waals surface area contributed by atoms with Crippen LogP contribution in [0.15, 0.2) is 72.8 Å². The number of carbonyl (C=O) groups is 3. The number of non-ortho nitro benzene ring substituents is 1. The van der Waals surface area contributed by atoms with Crippen molar-refractivity contribution in [2.75, 3.05) is 28.3 Å². The Bertz CT molecular complexity index is 1620. The van der Waals surface area contributed by atoms with Gasteiger partial charge in [0.2, 0.25) is 17.7 Å². The first kappa shape index (κ1) is 23.9. The third-order valence-corrected chi connectivity index (χ3v) is 7.81. The second-order valence-corrected chi connectivity index (χ2v) is 9.95. The van der Waals surface area contributed by atoms with E-state index in [2.05, 4.69) is 5.32 Å². The van der Waals surface area contributed by atoms with E-state index in [-0.39, 0.29) is 5.69 Å². The molecule has 0 bridgehead atoms. The molecule has 4 aliphatic heterocycles. The third-order valence-electron chi connectivity index (χ3n) is 7.81. The lowest BCUT2D eigenvalue weighted by Crippen LogP contribution is -2.50. The zero-order valence-corrected chi connectivity index (χ0v) is 20.9. The van der Waals surface area contributed by atoms with Crippen LogP contribution in [0.25, 0.3) is 6.08 Å². The Morgan fingerprint density at radius 2 is 1.65 bits per heavy atom. The average Bonchev–Trinajstić information content (AvgIpc) is 3.45. The highest BCUT2D eigenvalue weighted by molar-refractivity contribution is 6.25. The molecular weight excluding hydrogens is 516 g/mol. The Morgan fingerprint density at radius 3 is 2.42 bits per heavy atom. The summed E-state index contributed by atoms with van der Waals surface area (Å²) in [6, 6.07) is 16.4. The molecule has 2 fully saturated rings. The van der Waals surface area contributed by atoms with Crippen molar-refractivity contribution in [3.63, 3.8) is 0 Å². The van der Waals surface area contributed by atoms with Gasteiger partial charge in [-0.2, -0.15) is 0 Å². The van der Waals surface area contributed by atoms with E-state index in [1.165, 1.54) is 24.3 Å². The van der Waals surface area contributed by atoms with Crippen molar-refractivity contribution >= 4 is 46.5 Å². The SMILES string of the molecule is O=C(Nc1ccc([N+](=O)[O-])cc1)[C@@H]1[C@@H]2C(=O)N(c3ccc4c(c3)OCCO4)C(=O)[C@H]2[C@@H]2C=Cc3ccccc3N12. The summed E-state index contributed by atoms with van der Waals surface area (Å²) in [7, 11) is 0. The molecule has 0 aromatic heterocycles. The van der Waals surface area contributed by atoms with Crippen LogP contribution in [0.2, 0.25) is 0 Å². The van der Waals surface area contributed by atoms with Crippen LogP contribution >= 0.6 is 0 Å². The van der Waals surface area contributed by atoms with Crippen molar-refractivity contribution in [3.05, 3.63) is 88.5 Å². The largest absolute Gasteiger partial charge is 0.486 e. The molecule has 4 aliphatic rings. The first-order valence-electron chi connectivity index (χ1n) is 12.8. The van der Waals surface area contributed by atoms with E-state index in [9.17, 15) is 24.5 Å². The van der Waals surface area contributed by atoms with Crippen LogP contribution in [-0.2, 0) is 14.4 Å². The van der Waals surface area contributed by atoms with Crippen molar-refractivity contribution in [2.24, 2.45) is 11.8 Å². The zero-order chi connectivity index (χ0) is 27.5. The molecule has 40 heavy (non-hydrogen) atoms. The molecule has 2 saturated heterocycles. The number of anilines is 3. The van der Waals surface area contributed by atoms with Crippen LogP contribution in [0.4, 0.5) is 22.7 Å². The van der Waals surface area contributed by atoms with Crippen LogP contribution in [-0.4, -0.2) is 47.9 Å². The normalized spacial score (nSPS) is 23.9. The van der Waals surface area contributed by atoms with Crippen molar-refractivity contribution in [1.29, 1.82) is 0 Å². The molecule has 3 aromatic carbocycles. The second-order valence-electron chi connectivity index (χ2n) is 9.95. The maximum Gasteiger partial charge on any atom is 0.269 e. The molecule has 200 valence electrons. The zero-order valence-electron chi connectivity index (χ0n) is 20.9. The van der Waals surface area contributed by atoms with Gasteiger partial charge in [-0.25, -0.2) is 4.90 Å². The Kier molecular flexibility index (Phi) is 5.34. The molecule has 0 aliphatic carbocycles. The maximum atomic E-state index is 14.0. The predicted molar refractivity (Wildman–Crippen MR) is 144 cm³/mol. The Labute approximate surface area is 227 Å². The summed E-state index contributed by atoms with van der Waals surface area (Å²) in [6.45, 7) is 0.769. The quantitative estimate of drug-likeness (QED) is 0.304. The highest BCUT2D eigenvalue weighted by Gasteiger charge is 2.64. The number of fused-ring (bicyclic) bond motifs is 6. The van der Waals surface area contributed by atoms with Gasteiger partial charge in [-0.15, -0.1) is 0 Å². The van der Waals surface area contributed by atoms with Crippen molar-refractivity contribution in [2.45, 2.75) is 12.1 Å². The summed E-state index contributed by atoms with van der Waals surface area (Å²) in [5.41, 5.74) is 2.21. The number of hydrogen-bond acceptors (Lipinski definition) is 8. The summed E-state index contributed by atoms with van der Waals surface area (Å²) in [6.07, 6.45) is 3.78. The fourth-order valence-electron chi connectivity index (χ4n) is 6.12. The highest BCUT2D eigenvalue weighted by Crippen LogP contribution is 2.50. The monoisotopic (exact) mass is 538 g/mol. The summed E-state index contributed by atoms with van der Waals surface area (Å²) in [5.74, 6) is -2.12. The number of nitrogens with one attached hydrogen (secondary N) is 1. The van der Waals surface area contributed by atoms with Crippen LogP contribution in [0.5, 0.6) is 11.5 Å². The van der Waals surface area contributed by atoms with Gasteiger partial charge in [0, 0.05) is 29.6 Å². The third kappa shape index (κ3) is 3.54. The molecule has 7 rings (SSSR count). The lowest BCUT2D eigenvalue weighted by molar-refractivity contribution is -0.384. The standard InChI is InChI=1S/C29H22N4O7/c34-27(30-17-6-8-18(9-7-17)33(37)38)26-25-24(21-11-5-16-3-1-2-4-20(16)32(21)26)28(35)31(29(25)36)19-10-12-22-23(15-19)40-14-13-39-22/h1-12,15,21,24-26H,13-14H2,(H,30,34)/t21-,24-,25+,26-/m0/s1. The fraction of sp³-hybridized carbons (Fsp3) is 0.207. The molecule has 0 unspecified atom stereocenters. The van der Waals surface area contributed by atoms with Gasteiger partial charge < -0.3 is 19.7 Å². The smallest absolute Gasteiger partial charge is 0.269 e. The molecule has 3 aromatic rings. The van der Waals surface area contributed by atoms with Crippen molar-refractivity contribution in [1.82, 2.24) is 0 Å². The molecule has 11 heteroatoms. The summed E-state index contributed by atoms with van der Waals surface area (Å²) >= 11 is 0. The molecule has 4 atom stereocenters. The number of nitro benzene ring substituents is 1. The Morgan fingerprint density at radius 1 is 0.925 bits per heavy atom. The van der Waals surface area contributed by atoms with Gasteiger partial charge in [0.05, 0.1) is 28.5 Å². The van der Waals surface area contributed by atoms with Gasteiger partial charge in [0.15, 0.2) is 11.5 Å². The number of amides is 3. The number of nitro groups is 1.